The van der Waals surface area contributed by atoms with E-state index in [1.807, 2.05) is 18.4 Å². The second-order valence-electron chi connectivity index (χ2n) is 4.76. The molecule has 3 aromatic heterocycles. The van der Waals surface area contributed by atoms with Crippen molar-refractivity contribution in [2.75, 3.05) is 11.6 Å². The molecule has 116 valence electrons. The number of fused-ring (bicyclic) bond motifs is 3. The van der Waals surface area contributed by atoms with Crippen LogP contribution in [0.5, 0.6) is 0 Å². The fraction of sp³-hybridized carbons (Fsp3) is 0.143. The molecule has 4 aromatic rings. The number of rotatable bonds is 3. The highest BCUT2D eigenvalue weighted by Gasteiger charge is 2.15. The number of aryl methyl sites for hydroxylation is 1. The Morgan fingerprint density at radius 1 is 1.17 bits per heavy atom. The molecule has 0 saturated heterocycles. The lowest BCUT2D eigenvalue weighted by atomic mass is 10.3. The van der Waals surface area contributed by atoms with Crippen LogP contribution in [-0.2, 0) is 7.05 Å². The summed E-state index contributed by atoms with van der Waals surface area (Å²) >= 11 is 4.76. The van der Waals surface area contributed by atoms with Gasteiger partial charge in [0.1, 0.15) is 5.69 Å². The zero-order valence-corrected chi connectivity index (χ0v) is 14.7. The standard InChI is InChI=1S/C14H11N5OS3/c1-19-9(5-6-15-19)12(20)18-13-16-7-3-4-8-11(10(7)22-13)23-14(17-8)21-2/h3-6H,1-2H3,(H,16,18,20). The van der Waals surface area contributed by atoms with E-state index in [-0.39, 0.29) is 5.91 Å². The van der Waals surface area contributed by atoms with Crippen LogP contribution < -0.4 is 5.32 Å². The van der Waals surface area contributed by atoms with Crippen LogP contribution in [0.4, 0.5) is 5.13 Å². The predicted molar refractivity (Wildman–Crippen MR) is 95.7 cm³/mol. The molecule has 0 unspecified atom stereocenters. The van der Waals surface area contributed by atoms with Crippen LogP contribution in [0, 0.1) is 0 Å². The van der Waals surface area contributed by atoms with E-state index in [0.717, 1.165) is 24.8 Å². The highest BCUT2D eigenvalue weighted by atomic mass is 32.2. The van der Waals surface area contributed by atoms with Crippen LogP contribution in [0.3, 0.4) is 0 Å². The third-order valence-corrected chi connectivity index (χ3v) is 6.55. The van der Waals surface area contributed by atoms with Crippen molar-refractivity contribution in [1.29, 1.82) is 0 Å². The Labute approximate surface area is 143 Å². The molecule has 0 saturated carbocycles. The zero-order chi connectivity index (χ0) is 16.0. The Balaban J connectivity index is 1.74. The van der Waals surface area contributed by atoms with Gasteiger partial charge in [-0.15, -0.1) is 11.3 Å². The molecule has 0 aliphatic carbocycles. The molecule has 4 rings (SSSR count). The van der Waals surface area contributed by atoms with Crippen LogP contribution >= 0.6 is 34.4 Å². The largest absolute Gasteiger partial charge is 0.296 e. The number of hydrogen-bond acceptors (Lipinski definition) is 7. The quantitative estimate of drug-likeness (QED) is 0.564. The molecule has 0 spiro atoms. The number of aromatic nitrogens is 4. The van der Waals surface area contributed by atoms with Gasteiger partial charge in [-0.3, -0.25) is 14.8 Å². The number of thioether (sulfide) groups is 1. The van der Waals surface area contributed by atoms with Crippen molar-refractivity contribution in [3.05, 3.63) is 30.1 Å². The molecule has 0 aliphatic heterocycles. The van der Waals surface area contributed by atoms with Gasteiger partial charge in [-0.25, -0.2) is 9.97 Å². The van der Waals surface area contributed by atoms with Gasteiger partial charge in [-0.1, -0.05) is 23.1 Å². The number of nitrogens with one attached hydrogen (secondary N) is 1. The van der Waals surface area contributed by atoms with Gasteiger partial charge in [-0.05, 0) is 24.5 Å². The molecular formula is C14H11N5OS3. The van der Waals surface area contributed by atoms with Crippen LogP contribution in [-0.4, -0.2) is 31.9 Å². The summed E-state index contributed by atoms with van der Waals surface area (Å²) in [4.78, 5) is 21.3. The van der Waals surface area contributed by atoms with Gasteiger partial charge in [-0.2, -0.15) is 5.10 Å². The van der Waals surface area contributed by atoms with Gasteiger partial charge in [0, 0.05) is 13.2 Å². The summed E-state index contributed by atoms with van der Waals surface area (Å²) in [6.07, 6.45) is 3.61. The van der Waals surface area contributed by atoms with Crippen molar-refractivity contribution >= 4 is 65.9 Å². The van der Waals surface area contributed by atoms with E-state index >= 15 is 0 Å². The second-order valence-corrected chi connectivity index (χ2v) is 7.81. The van der Waals surface area contributed by atoms with Crippen molar-refractivity contribution in [2.45, 2.75) is 4.34 Å². The third kappa shape index (κ3) is 2.50. The Bertz CT molecular complexity index is 1030. The maximum atomic E-state index is 12.3. The van der Waals surface area contributed by atoms with E-state index in [1.54, 1.807) is 42.4 Å². The zero-order valence-electron chi connectivity index (χ0n) is 12.2. The molecular weight excluding hydrogens is 350 g/mol. The Kier molecular flexibility index (Phi) is 3.55. The first-order valence-electron chi connectivity index (χ1n) is 6.69. The normalized spacial score (nSPS) is 11.4. The first-order chi connectivity index (χ1) is 11.2. The highest BCUT2D eigenvalue weighted by Crippen LogP contribution is 2.38. The van der Waals surface area contributed by atoms with Crippen LogP contribution in [0.15, 0.2) is 28.7 Å². The SMILES string of the molecule is CSc1nc2ccc3nc(NC(=O)c4ccnn4C)sc3c2s1. The topological polar surface area (TPSA) is 72.7 Å². The summed E-state index contributed by atoms with van der Waals surface area (Å²) < 4.78 is 4.74. The van der Waals surface area contributed by atoms with E-state index in [0.29, 0.717) is 10.8 Å². The van der Waals surface area contributed by atoms with E-state index in [2.05, 4.69) is 20.4 Å². The Hall–Kier alpha value is -1.97. The molecule has 0 aliphatic rings. The number of hydrogen-bond donors (Lipinski definition) is 1. The van der Waals surface area contributed by atoms with Crippen molar-refractivity contribution < 1.29 is 4.79 Å². The monoisotopic (exact) mass is 361 g/mol. The maximum absolute atomic E-state index is 12.3. The number of amides is 1. The summed E-state index contributed by atoms with van der Waals surface area (Å²) in [5, 5.41) is 7.43. The van der Waals surface area contributed by atoms with Crippen LogP contribution in [0.2, 0.25) is 0 Å². The molecule has 0 atom stereocenters. The average Bonchev–Trinajstić information content (AvgIpc) is 3.22. The molecule has 1 N–H and O–H groups in total. The lowest BCUT2D eigenvalue weighted by Crippen LogP contribution is -2.15. The molecule has 9 heteroatoms. The van der Waals surface area contributed by atoms with Crippen molar-refractivity contribution in [3.8, 4) is 0 Å². The van der Waals surface area contributed by atoms with Gasteiger partial charge < -0.3 is 0 Å². The fourth-order valence-electron chi connectivity index (χ4n) is 2.25. The number of thiazole rings is 2. The predicted octanol–water partition coefficient (Wildman–Crippen LogP) is 3.61. The molecule has 23 heavy (non-hydrogen) atoms. The first kappa shape index (κ1) is 14.6. The van der Waals surface area contributed by atoms with Crippen LogP contribution in [0.25, 0.3) is 20.4 Å². The van der Waals surface area contributed by atoms with Gasteiger partial charge in [0.15, 0.2) is 9.47 Å². The van der Waals surface area contributed by atoms with E-state index in [9.17, 15) is 4.79 Å². The van der Waals surface area contributed by atoms with E-state index in [1.165, 1.54) is 16.0 Å². The minimum Gasteiger partial charge on any atom is -0.296 e. The summed E-state index contributed by atoms with van der Waals surface area (Å²) in [7, 11) is 1.73. The van der Waals surface area contributed by atoms with Gasteiger partial charge >= 0.3 is 0 Å². The summed E-state index contributed by atoms with van der Waals surface area (Å²) in [6.45, 7) is 0. The number of anilines is 1. The van der Waals surface area contributed by atoms with Crippen molar-refractivity contribution in [2.24, 2.45) is 7.05 Å². The van der Waals surface area contributed by atoms with Gasteiger partial charge in [0.2, 0.25) is 0 Å². The minimum absolute atomic E-state index is 0.214. The number of nitrogens with zero attached hydrogens (tertiary/aromatic N) is 4. The minimum atomic E-state index is -0.214. The summed E-state index contributed by atoms with van der Waals surface area (Å²) in [5.74, 6) is -0.214. The first-order valence-corrected chi connectivity index (χ1v) is 9.55. The smallest absolute Gasteiger partial charge is 0.275 e. The van der Waals surface area contributed by atoms with Crippen molar-refractivity contribution in [3.63, 3.8) is 0 Å². The Morgan fingerprint density at radius 2 is 1.91 bits per heavy atom. The van der Waals surface area contributed by atoms with Crippen LogP contribution in [0.1, 0.15) is 10.5 Å². The molecule has 3 heterocycles. The lowest BCUT2D eigenvalue weighted by Gasteiger charge is -2.00. The van der Waals surface area contributed by atoms with Gasteiger partial charge in [0.05, 0.1) is 20.4 Å². The maximum Gasteiger partial charge on any atom is 0.275 e. The van der Waals surface area contributed by atoms with E-state index in [4.69, 9.17) is 0 Å². The summed E-state index contributed by atoms with van der Waals surface area (Å²) in [5.41, 5.74) is 2.34. The summed E-state index contributed by atoms with van der Waals surface area (Å²) in [6, 6.07) is 5.59. The van der Waals surface area contributed by atoms with Crippen molar-refractivity contribution in [1.82, 2.24) is 19.7 Å². The van der Waals surface area contributed by atoms with Gasteiger partial charge in [0.25, 0.3) is 5.91 Å². The molecule has 0 bridgehead atoms. The Morgan fingerprint density at radius 3 is 2.61 bits per heavy atom. The molecule has 0 fully saturated rings. The van der Waals surface area contributed by atoms with E-state index < -0.39 is 0 Å². The number of benzene rings is 1. The fourth-order valence-corrected chi connectivity index (χ4v) is 4.90. The molecule has 1 amide bonds. The third-order valence-electron chi connectivity index (χ3n) is 3.34. The molecule has 0 radical (unpaired) electrons. The molecule has 6 nitrogen and oxygen atoms in total. The second kappa shape index (κ2) is 5.59. The highest BCUT2D eigenvalue weighted by molar-refractivity contribution is 8.00. The number of carbonyl (C=O) groups excluding carboxylic acids is 1. The lowest BCUT2D eigenvalue weighted by molar-refractivity contribution is 0.101. The number of carbonyl (C=O) groups is 1. The molecule has 1 aromatic carbocycles. The average molecular weight is 361 g/mol.